The van der Waals surface area contributed by atoms with E-state index in [4.69, 9.17) is 18.9 Å². The molecule has 0 bridgehead atoms. The Labute approximate surface area is 238 Å². The second-order valence-electron chi connectivity index (χ2n) is 10.3. The van der Waals surface area contributed by atoms with Crippen LogP contribution in [-0.4, -0.2) is 78.3 Å². The molecule has 2 aromatic carbocycles. The summed E-state index contributed by atoms with van der Waals surface area (Å²) >= 11 is 0. The van der Waals surface area contributed by atoms with Crippen molar-refractivity contribution in [3.05, 3.63) is 57.1 Å². The number of ketones is 5. The maximum absolute atomic E-state index is 13.9. The normalized spacial score (nSPS) is 20.8. The van der Waals surface area contributed by atoms with Gasteiger partial charge in [0.25, 0.3) is 0 Å². The highest BCUT2D eigenvalue weighted by Crippen LogP contribution is 2.58. The molecule has 0 spiro atoms. The third-order valence-electron chi connectivity index (χ3n) is 7.86. The van der Waals surface area contributed by atoms with Crippen LogP contribution in [0.4, 0.5) is 0 Å². The number of benzene rings is 2. The van der Waals surface area contributed by atoms with Crippen molar-refractivity contribution < 1.29 is 58.2 Å². The van der Waals surface area contributed by atoms with Gasteiger partial charge in [0.1, 0.15) is 5.78 Å². The zero-order valence-corrected chi connectivity index (χ0v) is 23.5. The summed E-state index contributed by atoms with van der Waals surface area (Å²) < 4.78 is 21.3. The Balaban J connectivity index is 2.17. The highest BCUT2D eigenvalue weighted by molar-refractivity contribution is 6.31. The number of allylic oxidation sites excluding steroid dienone is 4. The molecule has 0 saturated heterocycles. The van der Waals surface area contributed by atoms with E-state index in [0.29, 0.717) is 0 Å². The molecule has 3 aliphatic carbocycles. The van der Waals surface area contributed by atoms with E-state index in [1.807, 2.05) is 0 Å². The molecule has 0 aliphatic heterocycles. The van der Waals surface area contributed by atoms with E-state index in [2.05, 4.69) is 0 Å². The van der Waals surface area contributed by atoms with E-state index >= 15 is 0 Å². The Hall–Kier alpha value is -4.97. The summed E-state index contributed by atoms with van der Waals surface area (Å²) in [6, 6.07) is 0. The van der Waals surface area contributed by atoms with Gasteiger partial charge in [-0.15, -0.1) is 0 Å². The fourth-order valence-corrected chi connectivity index (χ4v) is 6.31. The number of phenolic OH excluding ortho intramolecular Hbond substituents is 2. The van der Waals surface area contributed by atoms with Crippen LogP contribution in [0.2, 0.25) is 0 Å². The number of methoxy groups -OCH3 is 4. The van der Waals surface area contributed by atoms with Gasteiger partial charge in [-0.05, 0) is 13.8 Å². The van der Waals surface area contributed by atoms with E-state index in [-0.39, 0.29) is 33.8 Å². The lowest BCUT2D eigenvalue weighted by molar-refractivity contribution is -0.124. The van der Waals surface area contributed by atoms with E-state index < -0.39 is 92.1 Å². The number of aliphatic hydroxyl groups is 1. The summed E-state index contributed by atoms with van der Waals surface area (Å²) in [4.78, 5) is 67.8. The van der Waals surface area contributed by atoms with Gasteiger partial charge in [0, 0.05) is 52.0 Å². The van der Waals surface area contributed by atoms with Crippen molar-refractivity contribution in [3.63, 3.8) is 0 Å². The van der Waals surface area contributed by atoms with E-state index in [1.54, 1.807) is 0 Å². The topological polar surface area (TPSA) is 183 Å². The monoisotopic (exact) mass is 578 g/mol. The first-order valence-corrected chi connectivity index (χ1v) is 12.6. The number of hydrogen-bond donors (Lipinski definition) is 3. The van der Waals surface area contributed by atoms with Crippen LogP contribution in [0.25, 0.3) is 11.1 Å². The lowest BCUT2D eigenvalue weighted by atomic mass is 9.74. The molecule has 0 fully saturated rings. The van der Waals surface area contributed by atoms with Crippen LogP contribution >= 0.6 is 0 Å². The number of ether oxygens (including phenoxy) is 4. The molecule has 0 aromatic heterocycles. The molecule has 0 saturated carbocycles. The molecule has 3 aliphatic rings. The Morgan fingerprint density at radius 1 is 0.738 bits per heavy atom. The first-order chi connectivity index (χ1) is 19.8. The van der Waals surface area contributed by atoms with Gasteiger partial charge in [-0.3, -0.25) is 24.0 Å². The van der Waals surface area contributed by atoms with Crippen LogP contribution in [-0.2, 0) is 20.7 Å². The van der Waals surface area contributed by atoms with Crippen LogP contribution in [0.15, 0.2) is 23.7 Å². The van der Waals surface area contributed by atoms with Gasteiger partial charge >= 0.3 is 0 Å². The van der Waals surface area contributed by atoms with Gasteiger partial charge < -0.3 is 34.3 Å². The van der Waals surface area contributed by atoms with E-state index in [0.717, 1.165) is 33.5 Å². The molecule has 12 heteroatoms. The van der Waals surface area contributed by atoms with Crippen molar-refractivity contribution >= 4 is 28.9 Å². The fraction of sp³-hybridized carbons (Fsp3) is 0.300. The van der Waals surface area contributed by atoms with Gasteiger partial charge in [0.2, 0.25) is 11.6 Å². The van der Waals surface area contributed by atoms with E-state index in [1.165, 1.54) is 21.0 Å². The maximum atomic E-state index is 13.9. The number of rotatable bonds is 5. The molecular weight excluding hydrogens is 552 g/mol. The van der Waals surface area contributed by atoms with Gasteiger partial charge in [0.05, 0.1) is 51.1 Å². The lowest BCUT2D eigenvalue weighted by Crippen LogP contribution is -2.39. The van der Waals surface area contributed by atoms with Gasteiger partial charge in [0.15, 0.2) is 46.1 Å². The standard InChI is InChI=1S/C30H26O12/c1-10(31)23-22-19(21-18(27(37)29(22)42-6)13(33)8-15(40-4)25(21)35)16-11(9-30(23,2)38)28(41-5)26(36)17-12(32)7-14(39-3)24(34)20(16)17/h7-8,23,36-38H,9H2,1-6H3. The Bertz CT molecular complexity index is 1740. The van der Waals surface area contributed by atoms with Crippen LogP contribution in [0, 0.1) is 0 Å². The number of hydrogen-bond acceptors (Lipinski definition) is 12. The molecule has 0 radical (unpaired) electrons. The summed E-state index contributed by atoms with van der Waals surface area (Å²) in [6.45, 7) is 2.48. The molecular formula is C30H26O12. The number of phenols is 2. The van der Waals surface area contributed by atoms with Crippen molar-refractivity contribution in [1.29, 1.82) is 0 Å². The second kappa shape index (κ2) is 9.55. The minimum Gasteiger partial charge on any atom is -0.504 e. The van der Waals surface area contributed by atoms with Crippen molar-refractivity contribution in [1.82, 2.24) is 0 Å². The molecule has 2 aromatic rings. The summed E-state index contributed by atoms with van der Waals surface area (Å²) in [5.41, 5.74) is -4.59. The van der Waals surface area contributed by atoms with Crippen LogP contribution in [0.1, 0.15) is 72.3 Å². The minimum atomic E-state index is -2.02. The molecule has 2 unspecified atom stereocenters. The average molecular weight is 579 g/mol. The summed E-state index contributed by atoms with van der Waals surface area (Å²) in [5.74, 6) is -8.60. The third-order valence-corrected chi connectivity index (χ3v) is 7.86. The summed E-state index contributed by atoms with van der Waals surface area (Å²) in [5, 5.41) is 34.4. The zero-order valence-electron chi connectivity index (χ0n) is 23.5. The number of carbonyl (C=O) groups is 5. The summed E-state index contributed by atoms with van der Waals surface area (Å²) in [6.07, 6.45) is 1.31. The highest BCUT2D eigenvalue weighted by Gasteiger charge is 2.50. The summed E-state index contributed by atoms with van der Waals surface area (Å²) in [7, 11) is 4.65. The highest BCUT2D eigenvalue weighted by atomic mass is 16.5. The lowest BCUT2D eigenvalue weighted by Gasteiger charge is -2.32. The number of carbonyl (C=O) groups excluding carboxylic acids is 5. The fourth-order valence-electron chi connectivity index (χ4n) is 6.31. The van der Waals surface area contributed by atoms with Crippen LogP contribution in [0.5, 0.6) is 23.0 Å². The quantitative estimate of drug-likeness (QED) is 0.472. The van der Waals surface area contributed by atoms with Gasteiger partial charge in [-0.1, -0.05) is 0 Å². The molecule has 0 amide bonds. The third kappa shape index (κ3) is 3.61. The average Bonchev–Trinajstić information content (AvgIpc) is 3.02. The van der Waals surface area contributed by atoms with Crippen LogP contribution in [0.3, 0.4) is 0 Å². The second-order valence-corrected chi connectivity index (χ2v) is 10.3. The van der Waals surface area contributed by atoms with Crippen LogP contribution < -0.4 is 9.47 Å². The molecule has 42 heavy (non-hydrogen) atoms. The Morgan fingerprint density at radius 3 is 1.62 bits per heavy atom. The van der Waals surface area contributed by atoms with Crippen molar-refractivity contribution in [2.45, 2.75) is 31.8 Å². The first-order valence-electron chi connectivity index (χ1n) is 12.6. The molecule has 3 N–H and O–H groups in total. The largest absolute Gasteiger partial charge is 0.504 e. The van der Waals surface area contributed by atoms with Crippen molar-refractivity contribution in [2.75, 3.05) is 28.4 Å². The number of fused-ring (bicyclic) bond motifs is 7. The van der Waals surface area contributed by atoms with Gasteiger partial charge in [-0.25, -0.2) is 0 Å². The first kappa shape index (κ1) is 28.6. The molecule has 5 rings (SSSR count). The minimum absolute atomic E-state index is 0.0500. The molecule has 12 nitrogen and oxygen atoms in total. The zero-order chi connectivity index (χ0) is 31.0. The number of aromatic hydroxyl groups is 2. The Kier molecular flexibility index (Phi) is 6.49. The maximum Gasteiger partial charge on any atom is 0.229 e. The SMILES string of the molecule is COC1=CC(=O)c2c(O)c(OC)c3c(c2C1=O)-c1c2c(c(O)c(OC)c1C(C(C)=O)C(C)(O)C3)C(=O)C=C(OC)C2=O. The van der Waals surface area contributed by atoms with Crippen molar-refractivity contribution in [3.8, 4) is 34.1 Å². The molecule has 218 valence electrons. The Morgan fingerprint density at radius 2 is 1.19 bits per heavy atom. The molecule has 2 atom stereocenters. The van der Waals surface area contributed by atoms with Crippen molar-refractivity contribution in [2.24, 2.45) is 0 Å². The van der Waals surface area contributed by atoms with Gasteiger partial charge in [-0.2, -0.15) is 0 Å². The smallest absolute Gasteiger partial charge is 0.229 e. The predicted molar refractivity (Wildman–Crippen MR) is 144 cm³/mol. The molecule has 0 heterocycles. The van der Waals surface area contributed by atoms with E-state index in [9.17, 15) is 39.3 Å². The number of Topliss-reactive ketones (excluding diaryl/α,β-unsaturated/α-hetero) is 3. The predicted octanol–water partition coefficient (Wildman–Crippen LogP) is 2.58.